The fourth-order valence-electron chi connectivity index (χ4n) is 3.03. The molecule has 0 N–H and O–H groups in total. The van der Waals surface area contributed by atoms with E-state index in [4.69, 9.17) is 14.0 Å². The summed E-state index contributed by atoms with van der Waals surface area (Å²) in [5.41, 5.74) is 0.573. The van der Waals surface area contributed by atoms with E-state index in [0.717, 1.165) is 30.4 Å². The van der Waals surface area contributed by atoms with Gasteiger partial charge in [0.05, 0.1) is 11.8 Å². The minimum Gasteiger partial charge on any atom is -0.486 e. The summed E-state index contributed by atoms with van der Waals surface area (Å²) in [6.07, 6.45) is -0.527. The summed E-state index contributed by atoms with van der Waals surface area (Å²) in [7, 11) is 0. The molecule has 0 radical (unpaired) electrons. The number of ether oxygens (including phenoxy) is 1. The number of ketones is 1. The van der Waals surface area contributed by atoms with Crippen molar-refractivity contribution < 1.29 is 32.0 Å². The standard InChI is InChI=1S/C23H20F3NO4/c24-23(25,26)18-5-1-15(2-6-18)13-30-27-10-9-20-12-17-11-19(7-8-22(17)31-20)29-14-21(28)16-3-4-16/h1-2,5-8,10-12,16H,3-4,9,13-14H2. The molecular formula is C23H20F3NO4. The molecule has 31 heavy (non-hydrogen) atoms. The Bertz CT molecular complexity index is 1080. The lowest BCUT2D eigenvalue weighted by atomic mass is 10.1. The van der Waals surface area contributed by atoms with Crippen LogP contribution in [0, 0.1) is 5.92 Å². The highest BCUT2D eigenvalue weighted by molar-refractivity contribution is 5.85. The Morgan fingerprint density at radius 3 is 2.61 bits per heavy atom. The van der Waals surface area contributed by atoms with Gasteiger partial charge in [-0.1, -0.05) is 17.3 Å². The van der Waals surface area contributed by atoms with Crippen molar-refractivity contribution in [2.75, 3.05) is 6.61 Å². The number of Topliss-reactive ketones (excluding diaryl/α,β-unsaturated/α-hetero) is 1. The van der Waals surface area contributed by atoms with E-state index < -0.39 is 11.7 Å². The Labute approximate surface area is 176 Å². The molecular weight excluding hydrogens is 411 g/mol. The summed E-state index contributed by atoms with van der Waals surface area (Å²) in [6.45, 7) is 0.152. The van der Waals surface area contributed by atoms with E-state index in [-0.39, 0.29) is 24.9 Å². The van der Waals surface area contributed by atoms with Crippen LogP contribution in [-0.4, -0.2) is 18.6 Å². The summed E-state index contributed by atoms with van der Waals surface area (Å²) < 4.78 is 48.9. The highest BCUT2D eigenvalue weighted by Gasteiger charge is 2.30. The van der Waals surface area contributed by atoms with Gasteiger partial charge in [-0.2, -0.15) is 13.2 Å². The van der Waals surface area contributed by atoms with Gasteiger partial charge in [0, 0.05) is 17.7 Å². The van der Waals surface area contributed by atoms with Crippen LogP contribution in [0.2, 0.25) is 0 Å². The zero-order valence-corrected chi connectivity index (χ0v) is 16.5. The van der Waals surface area contributed by atoms with Gasteiger partial charge in [0.1, 0.15) is 30.3 Å². The van der Waals surface area contributed by atoms with Gasteiger partial charge in [-0.15, -0.1) is 0 Å². The second-order valence-corrected chi connectivity index (χ2v) is 7.40. The number of hydrogen-bond donors (Lipinski definition) is 0. The Hall–Kier alpha value is -3.29. The van der Waals surface area contributed by atoms with Crippen LogP contribution in [0.4, 0.5) is 13.2 Å². The van der Waals surface area contributed by atoms with Gasteiger partial charge < -0.3 is 14.0 Å². The lowest BCUT2D eigenvalue weighted by molar-refractivity contribution is -0.137. The smallest absolute Gasteiger partial charge is 0.416 e. The van der Waals surface area contributed by atoms with Gasteiger partial charge in [-0.25, -0.2) is 0 Å². The molecule has 3 aromatic rings. The van der Waals surface area contributed by atoms with Gasteiger partial charge in [-0.3, -0.25) is 4.79 Å². The monoisotopic (exact) mass is 431 g/mol. The van der Waals surface area contributed by atoms with E-state index in [2.05, 4.69) is 5.16 Å². The molecule has 162 valence electrons. The molecule has 5 nitrogen and oxygen atoms in total. The second kappa shape index (κ2) is 8.83. The van der Waals surface area contributed by atoms with Gasteiger partial charge >= 0.3 is 6.18 Å². The quantitative estimate of drug-likeness (QED) is 0.329. The fraction of sp³-hybridized carbons (Fsp3) is 0.304. The second-order valence-electron chi connectivity index (χ2n) is 7.40. The van der Waals surface area contributed by atoms with Crippen LogP contribution in [0.5, 0.6) is 5.75 Å². The van der Waals surface area contributed by atoms with Gasteiger partial charge in [-0.05, 0) is 54.8 Å². The maximum Gasteiger partial charge on any atom is 0.416 e. The number of oxime groups is 1. The van der Waals surface area contributed by atoms with Gasteiger partial charge in [0.2, 0.25) is 0 Å². The van der Waals surface area contributed by atoms with Crippen molar-refractivity contribution in [1.82, 2.24) is 0 Å². The van der Waals surface area contributed by atoms with E-state index in [0.29, 0.717) is 29.1 Å². The van der Waals surface area contributed by atoms with Crippen LogP contribution < -0.4 is 4.74 Å². The molecule has 1 saturated carbocycles. The third kappa shape index (κ3) is 5.65. The zero-order chi connectivity index (χ0) is 21.8. The molecule has 1 aliphatic carbocycles. The van der Waals surface area contributed by atoms with Crippen LogP contribution in [0.25, 0.3) is 11.0 Å². The summed E-state index contributed by atoms with van der Waals surface area (Å²) in [5, 5.41) is 4.67. The highest BCUT2D eigenvalue weighted by atomic mass is 19.4. The molecule has 0 amide bonds. The molecule has 0 spiro atoms. The average Bonchev–Trinajstić information content (AvgIpc) is 3.51. The van der Waals surface area contributed by atoms with E-state index >= 15 is 0 Å². The molecule has 1 heterocycles. The Morgan fingerprint density at radius 2 is 1.90 bits per heavy atom. The van der Waals surface area contributed by atoms with Crippen molar-refractivity contribution in [3.05, 3.63) is 65.4 Å². The minimum atomic E-state index is -4.36. The molecule has 0 aliphatic heterocycles. The Kier molecular flexibility index (Phi) is 5.97. The SMILES string of the molecule is O=C(COc1ccc2oc(CC=NOCc3ccc(C(F)(F)F)cc3)cc2c1)C1CC1. The molecule has 0 saturated heterocycles. The molecule has 2 aromatic carbocycles. The molecule has 4 rings (SSSR count). The highest BCUT2D eigenvalue weighted by Crippen LogP contribution is 2.31. The van der Waals surface area contributed by atoms with Crippen LogP contribution in [0.3, 0.4) is 0 Å². The Morgan fingerprint density at radius 1 is 1.13 bits per heavy atom. The molecule has 0 bridgehead atoms. The first-order chi connectivity index (χ1) is 14.9. The van der Waals surface area contributed by atoms with Crippen molar-refractivity contribution >= 4 is 23.0 Å². The molecule has 1 aliphatic rings. The first-order valence-corrected chi connectivity index (χ1v) is 9.86. The Balaban J connectivity index is 1.26. The number of alkyl halides is 3. The molecule has 1 aromatic heterocycles. The number of rotatable bonds is 9. The minimum absolute atomic E-state index is 0.0645. The van der Waals surface area contributed by atoms with Gasteiger partial charge in [0.15, 0.2) is 5.78 Å². The van der Waals surface area contributed by atoms with E-state index in [9.17, 15) is 18.0 Å². The first kappa shape index (κ1) is 21.0. The normalized spacial score (nSPS) is 14.3. The third-order valence-electron chi connectivity index (χ3n) is 4.91. The number of carbonyl (C=O) groups excluding carboxylic acids is 1. The summed E-state index contributed by atoms with van der Waals surface area (Å²) in [4.78, 5) is 16.9. The lowest BCUT2D eigenvalue weighted by Crippen LogP contribution is -2.12. The molecule has 0 unspecified atom stereocenters. The third-order valence-corrected chi connectivity index (χ3v) is 4.91. The van der Waals surface area contributed by atoms with Crippen molar-refractivity contribution in [2.24, 2.45) is 11.1 Å². The molecule has 8 heteroatoms. The number of nitrogens with zero attached hydrogens (tertiary/aromatic N) is 1. The number of halogens is 3. The number of fused-ring (bicyclic) bond motifs is 1. The lowest BCUT2D eigenvalue weighted by Gasteiger charge is -2.06. The van der Waals surface area contributed by atoms with Crippen LogP contribution >= 0.6 is 0 Å². The number of furan rings is 1. The van der Waals surface area contributed by atoms with Crippen LogP contribution in [-0.2, 0) is 28.8 Å². The number of hydrogen-bond acceptors (Lipinski definition) is 5. The topological polar surface area (TPSA) is 61.0 Å². The number of carbonyl (C=O) groups is 1. The first-order valence-electron chi connectivity index (χ1n) is 9.86. The summed E-state index contributed by atoms with van der Waals surface area (Å²) >= 11 is 0. The van der Waals surface area contributed by atoms with Crippen LogP contribution in [0.15, 0.2) is 58.1 Å². The zero-order valence-electron chi connectivity index (χ0n) is 16.5. The van der Waals surface area contributed by atoms with E-state index in [1.807, 2.05) is 12.1 Å². The van der Waals surface area contributed by atoms with Crippen molar-refractivity contribution in [1.29, 1.82) is 0 Å². The van der Waals surface area contributed by atoms with Crippen LogP contribution in [0.1, 0.15) is 29.7 Å². The van der Waals surface area contributed by atoms with E-state index in [1.165, 1.54) is 18.3 Å². The number of benzene rings is 2. The predicted molar refractivity (Wildman–Crippen MR) is 108 cm³/mol. The summed E-state index contributed by atoms with van der Waals surface area (Å²) in [5.74, 6) is 1.59. The molecule has 1 fully saturated rings. The van der Waals surface area contributed by atoms with Gasteiger partial charge in [0.25, 0.3) is 0 Å². The average molecular weight is 431 g/mol. The fourth-order valence-corrected chi connectivity index (χ4v) is 3.03. The van der Waals surface area contributed by atoms with E-state index in [1.54, 1.807) is 12.1 Å². The molecule has 0 atom stereocenters. The van der Waals surface area contributed by atoms with Crippen molar-refractivity contribution in [2.45, 2.75) is 32.0 Å². The predicted octanol–water partition coefficient (Wildman–Crippen LogP) is 5.55. The van der Waals surface area contributed by atoms with Crippen molar-refractivity contribution in [3.8, 4) is 5.75 Å². The maximum absolute atomic E-state index is 12.5. The maximum atomic E-state index is 12.5. The van der Waals surface area contributed by atoms with Crippen molar-refractivity contribution in [3.63, 3.8) is 0 Å². The largest absolute Gasteiger partial charge is 0.486 e. The summed E-state index contributed by atoms with van der Waals surface area (Å²) in [6, 6.07) is 12.0.